The lowest BCUT2D eigenvalue weighted by Crippen LogP contribution is -2.38. The smallest absolute Gasteiger partial charge is 0.240 e. The van der Waals surface area contributed by atoms with Gasteiger partial charge in [0.15, 0.2) is 5.82 Å². The second kappa shape index (κ2) is 4.99. The molecule has 0 aliphatic carbocycles. The van der Waals surface area contributed by atoms with E-state index in [-0.39, 0.29) is 0 Å². The van der Waals surface area contributed by atoms with E-state index in [0.29, 0.717) is 29.6 Å². The Labute approximate surface area is 94.2 Å². The van der Waals surface area contributed by atoms with Crippen LogP contribution >= 0.6 is 11.8 Å². The largest absolute Gasteiger partial charge is 0.338 e. The maximum atomic E-state index is 5.06. The molecule has 2 rings (SSSR count). The Morgan fingerprint density at radius 1 is 1.60 bits per heavy atom. The Morgan fingerprint density at radius 3 is 3.13 bits per heavy atom. The minimum atomic E-state index is 0.580. The SMILES string of the molecule is Cc1noc(CNC2CCCSC2C)n1. The molecule has 1 N–H and O–H groups in total. The zero-order chi connectivity index (χ0) is 10.7. The minimum Gasteiger partial charge on any atom is -0.338 e. The number of nitrogens with zero attached hydrogens (tertiary/aromatic N) is 2. The lowest BCUT2D eigenvalue weighted by Gasteiger charge is -2.28. The maximum Gasteiger partial charge on any atom is 0.240 e. The van der Waals surface area contributed by atoms with Crippen LogP contribution in [0.3, 0.4) is 0 Å². The topological polar surface area (TPSA) is 51.0 Å². The van der Waals surface area contributed by atoms with E-state index in [2.05, 4.69) is 22.4 Å². The molecule has 0 radical (unpaired) electrons. The summed E-state index contributed by atoms with van der Waals surface area (Å²) < 4.78 is 5.06. The van der Waals surface area contributed by atoms with Crippen molar-refractivity contribution in [2.75, 3.05) is 5.75 Å². The van der Waals surface area contributed by atoms with Gasteiger partial charge in [0.2, 0.25) is 5.89 Å². The van der Waals surface area contributed by atoms with Gasteiger partial charge in [-0.3, -0.25) is 0 Å². The van der Waals surface area contributed by atoms with Crippen LogP contribution in [0, 0.1) is 6.92 Å². The van der Waals surface area contributed by atoms with Crippen molar-refractivity contribution in [3.8, 4) is 0 Å². The molecule has 1 aromatic heterocycles. The first-order chi connectivity index (χ1) is 7.25. The second-order valence-electron chi connectivity index (χ2n) is 3.94. The van der Waals surface area contributed by atoms with Crippen LogP contribution in [0.25, 0.3) is 0 Å². The van der Waals surface area contributed by atoms with E-state index in [0.717, 1.165) is 0 Å². The van der Waals surface area contributed by atoms with Crippen LogP contribution in [0.4, 0.5) is 0 Å². The van der Waals surface area contributed by atoms with Crippen molar-refractivity contribution in [2.24, 2.45) is 0 Å². The molecule has 0 aromatic carbocycles. The summed E-state index contributed by atoms with van der Waals surface area (Å²) >= 11 is 2.04. The number of hydrogen-bond donors (Lipinski definition) is 1. The van der Waals surface area contributed by atoms with E-state index in [1.807, 2.05) is 18.7 Å². The van der Waals surface area contributed by atoms with Crippen LogP contribution in [0.1, 0.15) is 31.5 Å². The number of aromatic nitrogens is 2. The summed E-state index contributed by atoms with van der Waals surface area (Å²) in [7, 11) is 0. The third-order valence-corrected chi connectivity index (χ3v) is 4.07. The predicted molar refractivity (Wildman–Crippen MR) is 60.8 cm³/mol. The highest BCUT2D eigenvalue weighted by atomic mass is 32.2. The molecule has 0 amide bonds. The standard InChI is InChI=1S/C10H17N3OS/c1-7-9(4-3-5-15-7)11-6-10-12-8(2)13-14-10/h7,9,11H,3-6H2,1-2H3. The Kier molecular flexibility index (Phi) is 3.64. The van der Waals surface area contributed by atoms with Crippen molar-refractivity contribution in [3.05, 3.63) is 11.7 Å². The zero-order valence-corrected chi connectivity index (χ0v) is 10.0. The first kappa shape index (κ1) is 11.0. The number of aryl methyl sites for hydroxylation is 1. The quantitative estimate of drug-likeness (QED) is 0.852. The van der Waals surface area contributed by atoms with Crippen LogP contribution in [-0.4, -0.2) is 27.2 Å². The molecule has 1 fully saturated rings. The molecule has 1 saturated heterocycles. The average Bonchev–Trinajstić information content (AvgIpc) is 2.63. The Hall–Kier alpha value is -0.550. The molecule has 1 aliphatic heterocycles. The van der Waals surface area contributed by atoms with Gasteiger partial charge >= 0.3 is 0 Å². The zero-order valence-electron chi connectivity index (χ0n) is 9.19. The highest BCUT2D eigenvalue weighted by Gasteiger charge is 2.21. The van der Waals surface area contributed by atoms with Gasteiger partial charge in [0.1, 0.15) is 0 Å². The lowest BCUT2D eigenvalue weighted by molar-refractivity contribution is 0.348. The fourth-order valence-electron chi connectivity index (χ4n) is 1.82. The molecule has 1 aliphatic rings. The number of thioether (sulfide) groups is 1. The van der Waals surface area contributed by atoms with Crippen molar-refractivity contribution >= 4 is 11.8 Å². The minimum absolute atomic E-state index is 0.580. The van der Waals surface area contributed by atoms with Gasteiger partial charge in [-0.2, -0.15) is 16.7 Å². The summed E-state index contributed by atoms with van der Waals surface area (Å²) in [6, 6.07) is 0.580. The van der Waals surface area contributed by atoms with Gasteiger partial charge in [0, 0.05) is 11.3 Å². The molecule has 0 saturated carbocycles. The highest BCUT2D eigenvalue weighted by Crippen LogP contribution is 2.25. The lowest BCUT2D eigenvalue weighted by atomic mass is 10.1. The maximum absolute atomic E-state index is 5.06. The third kappa shape index (κ3) is 2.95. The molecule has 0 bridgehead atoms. The van der Waals surface area contributed by atoms with Crippen LogP contribution < -0.4 is 5.32 Å². The fraction of sp³-hybridized carbons (Fsp3) is 0.800. The number of hydrogen-bond acceptors (Lipinski definition) is 5. The molecular weight excluding hydrogens is 210 g/mol. The van der Waals surface area contributed by atoms with Gasteiger partial charge in [-0.25, -0.2) is 0 Å². The highest BCUT2D eigenvalue weighted by molar-refractivity contribution is 7.99. The van der Waals surface area contributed by atoms with Crippen molar-refractivity contribution in [2.45, 2.75) is 44.5 Å². The Balaban J connectivity index is 1.81. The van der Waals surface area contributed by atoms with E-state index >= 15 is 0 Å². The molecule has 2 unspecified atom stereocenters. The van der Waals surface area contributed by atoms with Crippen LogP contribution in [0.5, 0.6) is 0 Å². The van der Waals surface area contributed by atoms with Crippen molar-refractivity contribution in [1.29, 1.82) is 0 Å². The van der Waals surface area contributed by atoms with Gasteiger partial charge < -0.3 is 9.84 Å². The van der Waals surface area contributed by atoms with Gasteiger partial charge in [-0.05, 0) is 25.5 Å². The first-order valence-corrected chi connectivity index (χ1v) is 6.45. The first-order valence-electron chi connectivity index (χ1n) is 5.40. The number of rotatable bonds is 3. The van der Waals surface area contributed by atoms with E-state index in [1.165, 1.54) is 18.6 Å². The van der Waals surface area contributed by atoms with E-state index < -0.39 is 0 Å². The molecule has 15 heavy (non-hydrogen) atoms. The van der Waals surface area contributed by atoms with Crippen LogP contribution in [0.15, 0.2) is 4.52 Å². The van der Waals surface area contributed by atoms with Gasteiger partial charge in [0.25, 0.3) is 0 Å². The normalized spacial score (nSPS) is 26.8. The summed E-state index contributed by atoms with van der Waals surface area (Å²) in [5.41, 5.74) is 0. The Morgan fingerprint density at radius 2 is 2.47 bits per heavy atom. The summed E-state index contributed by atoms with van der Waals surface area (Å²) in [6.07, 6.45) is 2.55. The summed E-state index contributed by atoms with van der Waals surface area (Å²) in [5.74, 6) is 2.69. The molecule has 2 heterocycles. The molecule has 2 atom stereocenters. The molecular formula is C10H17N3OS. The van der Waals surface area contributed by atoms with Crippen LogP contribution in [-0.2, 0) is 6.54 Å². The van der Waals surface area contributed by atoms with E-state index in [9.17, 15) is 0 Å². The second-order valence-corrected chi connectivity index (χ2v) is 5.43. The molecule has 4 nitrogen and oxygen atoms in total. The molecule has 1 aromatic rings. The summed E-state index contributed by atoms with van der Waals surface area (Å²) in [4.78, 5) is 4.17. The molecule has 0 spiro atoms. The summed E-state index contributed by atoms with van der Waals surface area (Å²) in [5, 5.41) is 7.94. The Bertz CT molecular complexity index is 315. The molecule has 84 valence electrons. The fourth-order valence-corrected chi connectivity index (χ4v) is 2.99. The van der Waals surface area contributed by atoms with Gasteiger partial charge in [-0.15, -0.1) is 0 Å². The third-order valence-electron chi connectivity index (χ3n) is 2.69. The molecule has 5 heteroatoms. The number of nitrogens with one attached hydrogen (secondary N) is 1. The van der Waals surface area contributed by atoms with Gasteiger partial charge in [-0.1, -0.05) is 12.1 Å². The van der Waals surface area contributed by atoms with Crippen molar-refractivity contribution < 1.29 is 4.52 Å². The van der Waals surface area contributed by atoms with Crippen molar-refractivity contribution in [1.82, 2.24) is 15.5 Å². The van der Waals surface area contributed by atoms with Crippen molar-refractivity contribution in [3.63, 3.8) is 0 Å². The monoisotopic (exact) mass is 227 g/mol. The average molecular weight is 227 g/mol. The van der Waals surface area contributed by atoms with E-state index in [1.54, 1.807) is 0 Å². The van der Waals surface area contributed by atoms with Gasteiger partial charge in [0.05, 0.1) is 6.54 Å². The predicted octanol–water partition coefficient (Wildman–Crippen LogP) is 1.75. The van der Waals surface area contributed by atoms with E-state index in [4.69, 9.17) is 4.52 Å². The van der Waals surface area contributed by atoms with Crippen LogP contribution in [0.2, 0.25) is 0 Å². The summed E-state index contributed by atoms with van der Waals surface area (Å²) in [6.45, 7) is 4.81.